The molecular weight excluding hydrogens is 332 g/mol. The van der Waals surface area contributed by atoms with E-state index in [1.807, 2.05) is 30.3 Å². The molecule has 1 fully saturated rings. The molecule has 3 rings (SSSR count). The van der Waals surface area contributed by atoms with Crippen LogP contribution in [0.15, 0.2) is 41.6 Å². The molecule has 1 aromatic rings. The lowest BCUT2D eigenvalue weighted by molar-refractivity contribution is -0.150. The van der Waals surface area contributed by atoms with E-state index in [-0.39, 0.29) is 18.0 Å². The predicted octanol–water partition coefficient (Wildman–Crippen LogP) is -0.0400. The van der Waals surface area contributed by atoms with E-state index < -0.39 is 29.9 Å². The number of nitrogens with one attached hydrogen (secondary N) is 1. The lowest BCUT2D eigenvalue weighted by Gasteiger charge is -2.49. The highest BCUT2D eigenvalue weighted by Gasteiger charge is 2.54. The molecule has 2 heterocycles. The first-order chi connectivity index (χ1) is 11.5. The number of carboxylic acids is 1. The number of hydrogen-bond acceptors (Lipinski definition) is 5. The Morgan fingerprint density at radius 2 is 2.00 bits per heavy atom. The molecule has 2 atom stereocenters. The SMILES string of the molecule is O=C(Cc1ccccc1)N[C@H]1C(=O)N2C(C(=O)O)=C(CO)CS[C@H]12. The number of benzene rings is 1. The maximum atomic E-state index is 12.3. The van der Waals surface area contributed by atoms with Crippen LogP contribution in [0.5, 0.6) is 0 Å². The Hall–Kier alpha value is -2.32. The molecule has 1 aromatic carbocycles. The first-order valence-corrected chi connectivity index (χ1v) is 8.42. The minimum absolute atomic E-state index is 0.158. The average molecular weight is 348 g/mol. The van der Waals surface area contributed by atoms with Gasteiger partial charge in [-0.2, -0.15) is 0 Å². The van der Waals surface area contributed by atoms with E-state index in [0.717, 1.165) is 10.5 Å². The fourth-order valence-electron chi connectivity index (χ4n) is 2.81. The average Bonchev–Trinajstić information content (AvgIpc) is 2.58. The summed E-state index contributed by atoms with van der Waals surface area (Å²) in [4.78, 5) is 36.9. The molecule has 0 aromatic heterocycles. The summed E-state index contributed by atoms with van der Waals surface area (Å²) in [6, 6.07) is 8.42. The molecule has 0 bridgehead atoms. The zero-order valence-corrected chi connectivity index (χ0v) is 13.5. The fourth-order valence-corrected chi connectivity index (χ4v) is 4.15. The van der Waals surface area contributed by atoms with Gasteiger partial charge in [0.25, 0.3) is 5.91 Å². The fraction of sp³-hybridized carbons (Fsp3) is 0.312. The van der Waals surface area contributed by atoms with Gasteiger partial charge in [0.15, 0.2) is 0 Å². The third-order valence-electron chi connectivity index (χ3n) is 3.96. The van der Waals surface area contributed by atoms with Crippen molar-refractivity contribution < 1.29 is 24.6 Å². The zero-order valence-electron chi connectivity index (χ0n) is 12.6. The molecule has 3 N–H and O–H groups in total. The third-order valence-corrected chi connectivity index (χ3v) is 5.30. The number of β-lactam (4-membered cyclic amide) rings is 1. The van der Waals surface area contributed by atoms with E-state index in [0.29, 0.717) is 11.3 Å². The van der Waals surface area contributed by atoms with E-state index >= 15 is 0 Å². The Balaban J connectivity index is 1.69. The van der Waals surface area contributed by atoms with E-state index in [1.165, 1.54) is 11.8 Å². The Labute approximate surface area is 142 Å². The van der Waals surface area contributed by atoms with Crippen molar-refractivity contribution in [2.24, 2.45) is 0 Å². The number of carbonyl (C=O) groups is 3. The second kappa shape index (κ2) is 6.66. The van der Waals surface area contributed by atoms with Crippen LogP contribution in [-0.4, -0.2) is 56.7 Å². The van der Waals surface area contributed by atoms with E-state index in [9.17, 15) is 24.6 Å². The summed E-state index contributed by atoms with van der Waals surface area (Å²) in [7, 11) is 0. The molecule has 2 aliphatic heterocycles. The lowest BCUT2D eigenvalue weighted by atomic mass is 10.0. The number of aliphatic hydroxyl groups is 1. The van der Waals surface area contributed by atoms with E-state index in [4.69, 9.17) is 0 Å². The second-order valence-corrected chi connectivity index (χ2v) is 6.64. The summed E-state index contributed by atoms with van der Waals surface area (Å²) in [6.07, 6.45) is 0.158. The topological polar surface area (TPSA) is 107 Å². The number of carbonyl (C=O) groups excluding carboxylic acids is 2. The van der Waals surface area contributed by atoms with Crippen LogP contribution >= 0.6 is 11.8 Å². The minimum Gasteiger partial charge on any atom is -0.477 e. The highest BCUT2D eigenvalue weighted by atomic mass is 32.2. The summed E-state index contributed by atoms with van der Waals surface area (Å²) in [5, 5.41) is 20.8. The van der Waals surface area contributed by atoms with Gasteiger partial charge >= 0.3 is 5.97 Å². The van der Waals surface area contributed by atoms with Crippen molar-refractivity contribution in [1.82, 2.24) is 10.2 Å². The minimum atomic E-state index is -1.24. The number of aliphatic carboxylic acids is 1. The van der Waals surface area contributed by atoms with Gasteiger partial charge in [-0.15, -0.1) is 11.8 Å². The number of carboxylic acid groups (broad SMARTS) is 1. The number of thioether (sulfide) groups is 1. The van der Waals surface area contributed by atoms with Crippen LogP contribution < -0.4 is 5.32 Å². The van der Waals surface area contributed by atoms with Gasteiger partial charge < -0.3 is 15.5 Å². The number of fused-ring (bicyclic) bond motifs is 1. The molecule has 7 nitrogen and oxygen atoms in total. The Morgan fingerprint density at radius 1 is 1.29 bits per heavy atom. The van der Waals surface area contributed by atoms with Gasteiger partial charge in [-0.05, 0) is 11.1 Å². The molecule has 0 unspecified atom stereocenters. The molecule has 126 valence electrons. The molecular formula is C16H16N2O5S. The van der Waals surface area contributed by atoms with Crippen molar-refractivity contribution >= 4 is 29.5 Å². The number of amides is 2. The molecule has 0 radical (unpaired) electrons. The van der Waals surface area contributed by atoms with Crippen LogP contribution in [0.25, 0.3) is 0 Å². The predicted molar refractivity (Wildman–Crippen MR) is 86.9 cm³/mol. The maximum absolute atomic E-state index is 12.3. The highest BCUT2D eigenvalue weighted by Crippen LogP contribution is 2.40. The van der Waals surface area contributed by atoms with Crippen LogP contribution in [0.2, 0.25) is 0 Å². The van der Waals surface area contributed by atoms with E-state index in [2.05, 4.69) is 5.32 Å². The van der Waals surface area contributed by atoms with Crippen molar-refractivity contribution in [1.29, 1.82) is 0 Å². The van der Waals surface area contributed by atoms with Gasteiger partial charge in [0.1, 0.15) is 17.1 Å². The Bertz CT molecular complexity index is 718. The highest BCUT2D eigenvalue weighted by molar-refractivity contribution is 8.00. The third kappa shape index (κ3) is 2.90. The number of rotatable bonds is 5. The lowest BCUT2D eigenvalue weighted by Crippen LogP contribution is -2.70. The quantitative estimate of drug-likeness (QED) is 0.645. The van der Waals surface area contributed by atoms with Crippen molar-refractivity contribution in [3.8, 4) is 0 Å². The molecule has 24 heavy (non-hydrogen) atoms. The first kappa shape index (κ1) is 16.5. The van der Waals surface area contributed by atoms with Crippen LogP contribution in [0.1, 0.15) is 5.56 Å². The van der Waals surface area contributed by atoms with Crippen LogP contribution in [0.3, 0.4) is 0 Å². The smallest absolute Gasteiger partial charge is 0.352 e. The molecule has 1 saturated heterocycles. The monoisotopic (exact) mass is 348 g/mol. The van der Waals surface area contributed by atoms with Gasteiger partial charge in [-0.25, -0.2) is 4.79 Å². The van der Waals surface area contributed by atoms with Crippen molar-refractivity contribution in [3.63, 3.8) is 0 Å². The van der Waals surface area contributed by atoms with Gasteiger partial charge in [0.2, 0.25) is 5.91 Å². The number of hydrogen-bond donors (Lipinski definition) is 3. The van der Waals surface area contributed by atoms with Gasteiger partial charge in [0, 0.05) is 5.75 Å². The summed E-state index contributed by atoms with van der Waals surface area (Å²) < 4.78 is 0. The van der Waals surface area contributed by atoms with Crippen LogP contribution in [0, 0.1) is 0 Å². The largest absolute Gasteiger partial charge is 0.477 e. The summed E-state index contributed by atoms with van der Waals surface area (Å²) in [6.45, 7) is -0.407. The van der Waals surface area contributed by atoms with Crippen LogP contribution in [0.4, 0.5) is 0 Å². The summed E-state index contributed by atoms with van der Waals surface area (Å²) >= 11 is 1.34. The van der Waals surface area contributed by atoms with E-state index in [1.54, 1.807) is 0 Å². The molecule has 2 amide bonds. The number of nitrogens with zero attached hydrogens (tertiary/aromatic N) is 1. The normalized spacial score (nSPS) is 22.7. The Morgan fingerprint density at radius 3 is 2.62 bits per heavy atom. The van der Waals surface area contributed by atoms with Gasteiger partial charge in [-0.1, -0.05) is 30.3 Å². The maximum Gasteiger partial charge on any atom is 0.352 e. The van der Waals surface area contributed by atoms with Crippen molar-refractivity contribution in [3.05, 3.63) is 47.2 Å². The first-order valence-electron chi connectivity index (χ1n) is 7.37. The summed E-state index contributed by atoms with van der Waals surface area (Å²) in [5.74, 6) is -1.67. The molecule has 8 heteroatoms. The molecule has 0 spiro atoms. The van der Waals surface area contributed by atoms with Crippen molar-refractivity contribution in [2.75, 3.05) is 12.4 Å². The number of aliphatic hydroxyl groups excluding tert-OH is 1. The zero-order chi connectivity index (χ0) is 17.3. The van der Waals surface area contributed by atoms with Gasteiger partial charge in [0.05, 0.1) is 13.0 Å². The Kier molecular flexibility index (Phi) is 4.59. The van der Waals surface area contributed by atoms with Crippen molar-refractivity contribution in [2.45, 2.75) is 17.8 Å². The second-order valence-electron chi connectivity index (χ2n) is 5.53. The summed E-state index contributed by atoms with van der Waals surface area (Å²) in [5.41, 5.74) is 0.981. The van der Waals surface area contributed by atoms with Crippen LogP contribution in [-0.2, 0) is 20.8 Å². The van der Waals surface area contributed by atoms with Gasteiger partial charge in [-0.3, -0.25) is 14.5 Å². The molecule has 0 saturated carbocycles. The standard InChI is InChI=1S/C16H16N2O5S/c19-7-10-8-24-15-12(14(21)18(15)13(10)16(22)23)17-11(20)6-9-4-2-1-3-5-9/h1-5,12,15,19H,6-8H2,(H,17,20)(H,22,23)/t12-,15+/m0/s1. The molecule has 2 aliphatic rings. The molecule has 0 aliphatic carbocycles.